The van der Waals surface area contributed by atoms with Crippen LogP contribution in [0.25, 0.3) is 16.8 Å². The summed E-state index contributed by atoms with van der Waals surface area (Å²) >= 11 is 6.69. The molecule has 258 valence electrons. The van der Waals surface area contributed by atoms with E-state index < -0.39 is 15.8 Å². The fourth-order valence-corrected chi connectivity index (χ4v) is 7.78. The molecule has 3 heterocycles. The van der Waals surface area contributed by atoms with Crippen molar-refractivity contribution in [3.05, 3.63) is 94.6 Å². The van der Waals surface area contributed by atoms with Crippen molar-refractivity contribution in [3.8, 4) is 6.01 Å². The molecular formula is C37H42ClN5O5S. The molecule has 0 saturated carbocycles. The third-order valence-corrected chi connectivity index (χ3v) is 11.1. The number of halogens is 1. The molecule has 12 heteroatoms. The molecule has 0 amide bonds. The summed E-state index contributed by atoms with van der Waals surface area (Å²) in [5, 5.41) is 2.78. The van der Waals surface area contributed by atoms with Crippen LogP contribution < -0.4 is 14.5 Å². The second-order valence-corrected chi connectivity index (χ2v) is 15.3. The van der Waals surface area contributed by atoms with E-state index in [9.17, 15) is 13.2 Å². The maximum atomic E-state index is 13.0. The minimum absolute atomic E-state index is 0.122. The molecule has 1 atom stereocenters. The van der Waals surface area contributed by atoms with Gasteiger partial charge in [-0.2, -0.15) is 9.97 Å². The second kappa shape index (κ2) is 15.6. The zero-order chi connectivity index (χ0) is 34.4. The van der Waals surface area contributed by atoms with E-state index in [0.29, 0.717) is 36.5 Å². The summed E-state index contributed by atoms with van der Waals surface area (Å²) in [5.41, 5.74) is 3.72. The Morgan fingerprint density at radius 2 is 1.84 bits per heavy atom. The number of benzene rings is 3. The number of hydrogen-bond donors (Lipinski definition) is 0. The average Bonchev–Trinajstić information content (AvgIpc) is 3.52. The molecule has 10 nitrogen and oxygen atoms in total. The van der Waals surface area contributed by atoms with Gasteiger partial charge in [0, 0.05) is 48.9 Å². The maximum Gasteiger partial charge on any atom is 0.330 e. The smallest absolute Gasteiger partial charge is 0.330 e. The number of aromatic nitrogens is 2. The van der Waals surface area contributed by atoms with Crippen molar-refractivity contribution in [2.75, 3.05) is 68.2 Å². The molecule has 0 unspecified atom stereocenters. The first kappa shape index (κ1) is 34.7. The lowest BCUT2D eigenvalue weighted by Gasteiger charge is -2.33. The highest BCUT2D eigenvalue weighted by molar-refractivity contribution is 7.91. The van der Waals surface area contributed by atoms with Crippen LogP contribution in [0.3, 0.4) is 0 Å². The van der Waals surface area contributed by atoms with Gasteiger partial charge in [0.15, 0.2) is 9.84 Å². The van der Waals surface area contributed by atoms with Crippen molar-refractivity contribution in [1.29, 1.82) is 0 Å². The van der Waals surface area contributed by atoms with Gasteiger partial charge < -0.3 is 24.2 Å². The molecular weight excluding hydrogens is 662 g/mol. The van der Waals surface area contributed by atoms with Crippen molar-refractivity contribution in [2.45, 2.75) is 31.8 Å². The summed E-state index contributed by atoms with van der Waals surface area (Å²) in [4.78, 5) is 28.3. The predicted octanol–water partition coefficient (Wildman–Crippen LogP) is 5.43. The minimum atomic E-state index is -3.52. The summed E-state index contributed by atoms with van der Waals surface area (Å²) in [7, 11) is 0.426. The van der Waals surface area contributed by atoms with Crippen molar-refractivity contribution in [2.24, 2.45) is 0 Å². The number of nitrogens with zero attached hydrogens (tertiary/aromatic N) is 5. The van der Waals surface area contributed by atoms with Crippen LogP contribution in [0.15, 0.2) is 72.8 Å². The molecule has 49 heavy (non-hydrogen) atoms. The van der Waals surface area contributed by atoms with Crippen LogP contribution in [0.1, 0.15) is 29.7 Å². The Labute approximate surface area is 293 Å². The highest BCUT2D eigenvalue weighted by atomic mass is 35.5. The Morgan fingerprint density at radius 3 is 2.61 bits per heavy atom. The monoisotopic (exact) mass is 703 g/mol. The summed E-state index contributed by atoms with van der Waals surface area (Å²) in [6, 6.07) is 22.0. The van der Waals surface area contributed by atoms with Crippen molar-refractivity contribution >= 4 is 55.8 Å². The molecule has 2 aliphatic rings. The van der Waals surface area contributed by atoms with Gasteiger partial charge in [0.05, 0.1) is 28.8 Å². The summed E-state index contributed by atoms with van der Waals surface area (Å²) in [6.45, 7) is 2.76. The zero-order valence-electron chi connectivity index (χ0n) is 27.9. The van der Waals surface area contributed by atoms with Gasteiger partial charge in [0.1, 0.15) is 19.0 Å². The molecule has 0 bridgehead atoms. The molecule has 0 aliphatic carbocycles. The summed E-state index contributed by atoms with van der Waals surface area (Å²) in [5.74, 6) is -0.300. The van der Waals surface area contributed by atoms with Crippen LogP contribution in [0.4, 0.5) is 11.5 Å². The largest absolute Gasteiger partial charge is 0.462 e. The number of anilines is 2. The SMILES string of the molecule is CN(CCS(=O)(=O)CCOC(=O)/C=C/c1ccccc1)c1nc(OC[C@@H]2CCCN2C)nc2c1CCN(c1cccc3cccc(Cl)c13)C2. The first-order chi connectivity index (χ1) is 23.7. The number of likely N-dealkylation sites (N-methyl/N-ethyl adjacent to an activating group) is 1. The Balaban J connectivity index is 1.15. The van der Waals surface area contributed by atoms with Gasteiger partial charge in [-0.15, -0.1) is 0 Å². The standard InChI is InChI=1S/C37H42ClN5O5S/c1-41-19-8-13-29(41)26-48-37-39-32-25-43(33-15-7-12-28-11-6-14-31(38)35(28)33)20-18-30(32)36(40-37)42(2)21-23-49(45,46)24-22-47-34(44)17-16-27-9-4-3-5-10-27/h3-7,9-12,14-17,29H,8,13,18-26H2,1-2H3/b17-16+/t29-/m0/s1. The van der Waals surface area contributed by atoms with Gasteiger partial charge in [-0.05, 0) is 62.0 Å². The second-order valence-electron chi connectivity index (χ2n) is 12.6. The quantitative estimate of drug-likeness (QED) is 0.132. The number of ether oxygens (including phenoxy) is 2. The Hall–Kier alpha value is -4.19. The molecule has 3 aromatic carbocycles. The molecule has 2 aliphatic heterocycles. The molecule has 4 aromatic rings. The Kier molecular flexibility index (Phi) is 11.0. The average molecular weight is 704 g/mol. The molecule has 0 spiro atoms. The summed E-state index contributed by atoms with van der Waals surface area (Å²) in [6.07, 6.45) is 5.79. The first-order valence-corrected chi connectivity index (χ1v) is 18.8. The molecule has 0 radical (unpaired) electrons. The third kappa shape index (κ3) is 8.70. The van der Waals surface area contributed by atoms with Crippen molar-refractivity contribution in [1.82, 2.24) is 14.9 Å². The van der Waals surface area contributed by atoms with E-state index in [1.807, 2.05) is 60.5 Å². The number of rotatable bonds is 13. The molecule has 1 saturated heterocycles. The van der Waals surface area contributed by atoms with Gasteiger partial charge in [0.2, 0.25) is 0 Å². The van der Waals surface area contributed by atoms with E-state index in [-0.39, 0.29) is 30.7 Å². The van der Waals surface area contributed by atoms with Gasteiger partial charge in [-0.3, -0.25) is 0 Å². The van der Waals surface area contributed by atoms with Crippen LogP contribution in [0.5, 0.6) is 6.01 Å². The molecule has 6 rings (SSSR count). The lowest BCUT2D eigenvalue weighted by Crippen LogP contribution is -2.35. The molecule has 0 N–H and O–H groups in total. The molecule has 1 aromatic heterocycles. The number of likely N-dealkylation sites (tertiary alicyclic amines) is 1. The van der Waals surface area contributed by atoms with E-state index in [2.05, 4.69) is 35.0 Å². The minimum Gasteiger partial charge on any atom is -0.462 e. The number of esters is 1. The highest BCUT2D eigenvalue weighted by Crippen LogP contribution is 2.36. The van der Waals surface area contributed by atoms with Crippen LogP contribution in [-0.2, 0) is 32.3 Å². The maximum absolute atomic E-state index is 13.0. The van der Waals surface area contributed by atoms with Crippen LogP contribution in [0.2, 0.25) is 5.02 Å². The van der Waals surface area contributed by atoms with E-state index >= 15 is 0 Å². The lowest BCUT2D eigenvalue weighted by atomic mass is 10.0. The first-order valence-electron chi connectivity index (χ1n) is 16.6. The Morgan fingerprint density at radius 1 is 1.04 bits per heavy atom. The fourth-order valence-electron chi connectivity index (χ4n) is 6.40. The normalized spacial score (nSPS) is 16.6. The summed E-state index contributed by atoms with van der Waals surface area (Å²) < 4.78 is 37.3. The number of carbonyl (C=O) groups excluding carboxylic acids is 1. The number of hydrogen-bond acceptors (Lipinski definition) is 10. The number of sulfone groups is 1. The van der Waals surface area contributed by atoms with Gasteiger partial charge in [-0.25, -0.2) is 13.2 Å². The van der Waals surface area contributed by atoms with E-state index in [0.717, 1.165) is 59.2 Å². The zero-order valence-corrected chi connectivity index (χ0v) is 29.5. The number of fused-ring (bicyclic) bond motifs is 2. The van der Waals surface area contributed by atoms with Crippen molar-refractivity contribution < 1.29 is 22.7 Å². The van der Waals surface area contributed by atoms with Crippen molar-refractivity contribution in [3.63, 3.8) is 0 Å². The third-order valence-electron chi connectivity index (χ3n) is 9.22. The fraction of sp³-hybridized carbons (Fsp3) is 0.378. The van der Waals surface area contributed by atoms with E-state index in [1.54, 1.807) is 6.08 Å². The predicted molar refractivity (Wildman–Crippen MR) is 195 cm³/mol. The lowest BCUT2D eigenvalue weighted by molar-refractivity contribution is -0.137. The van der Waals surface area contributed by atoms with Gasteiger partial charge in [-0.1, -0.05) is 66.2 Å². The van der Waals surface area contributed by atoms with E-state index in [1.165, 1.54) is 6.08 Å². The van der Waals surface area contributed by atoms with Gasteiger partial charge >= 0.3 is 12.0 Å². The van der Waals surface area contributed by atoms with Crippen LogP contribution in [0, 0.1) is 0 Å². The number of carbonyl (C=O) groups is 1. The van der Waals surface area contributed by atoms with E-state index in [4.69, 9.17) is 31.0 Å². The van der Waals surface area contributed by atoms with Gasteiger partial charge in [0.25, 0.3) is 0 Å². The Bertz CT molecular complexity index is 1920. The topological polar surface area (TPSA) is 105 Å². The van der Waals surface area contributed by atoms with Crippen LogP contribution in [-0.4, -0.2) is 93.7 Å². The van der Waals surface area contributed by atoms with Crippen LogP contribution >= 0.6 is 11.6 Å². The highest BCUT2D eigenvalue weighted by Gasteiger charge is 2.28. The molecule has 1 fully saturated rings.